The summed E-state index contributed by atoms with van der Waals surface area (Å²) in [7, 11) is 0. The second-order valence-corrected chi connectivity index (χ2v) is 5.80. The van der Waals surface area contributed by atoms with Gasteiger partial charge in [-0.25, -0.2) is 18.6 Å². The summed E-state index contributed by atoms with van der Waals surface area (Å²) in [6.07, 6.45) is 0.636. The van der Waals surface area contributed by atoms with Crippen LogP contribution in [0.2, 0.25) is 0 Å². The SMILES string of the molecule is CCOC(=O)c1cc(-c2ccc(F)cc2F)c2c(n1)OC[C@H](C)C2. The van der Waals surface area contributed by atoms with Crippen molar-refractivity contribution in [2.75, 3.05) is 13.2 Å². The third-order valence-corrected chi connectivity index (χ3v) is 3.85. The van der Waals surface area contributed by atoms with E-state index in [0.29, 0.717) is 30.0 Å². The van der Waals surface area contributed by atoms with Crippen LogP contribution in [0, 0.1) is 17.6 Å². The second-order valence-electron chi connectivity index (χ2n) is 5.80. The first kappa shape index (κ1) is 16.4. The van der Waals surface area contributed by atoms with Gasteiger partial charge in [0, 0.05) is 17.2 Å². The number of aromatic nitrogens is 1. The number of nitrogens with zero attached hydrogens (tertiary/aromatic N) is 1. The van der Waals surface area contributed by atoms with E-state index < -0.39 is 17.6 Å². The molecule has 0 saturated heterocycles. The number of esters is 1. The van der Waals surface area contributed by atoms with Gasteiger partial charge in [0.15, 0.2) is 5.69 Å². The standard InChI is InChI=1S/C18H17F2NO3/c1-3-23-18(22)16-8-13(12-5-4-11(19)7-15(12)20)14-6-10(2)9-24-17(14)21-16/h4-5,7-8,10H,3,6,9H2,1-2H3/t10-/m1/s1. The molecule has 1 aliphatic rings. The number of benzene rings is 1. The Bertz CT molecular complexity index is 792. The summed E-state index contributed by atoms with van der Waals surface area (Å²) in [6, 6.07) is 4.84. The van der Waals surface area contributed by atoms with Gasteiger partial charge in [-0.15, -0.1) is 0 Å². The molecule has 0 unspecified atom stereocenters. The molecule has 126 valence electrons. The maximum Gasteiger partial charge on any atom is 0.357 e. The third kappa shape index (κ3) is 3.09. The molecule has 0 spiro atoms. The molecule has 1 aromatic carbocycles. The molecule has 0 radical (unpaired) electrons. The first-order chi connectivity index (χ1) is 11.5. The van der Waals surface area contributed by atoms with Crippen LogP contribution in [0.15, 0.2) is 24.3 Å². The van der Waals surface area contributed by atoms with E-state index in [4.69, 9.17) is 9.47 Å². The number of ether oxygens (including phenoxy) is 2. The molecule has 4 nitrogen and oxygen atoms in total. The molecule has 0 aliphatic carbocycles. The average Bonchev–Trinajstić information content (AvgIpc) is 2.54. The Kier molecular flexibility index (Phi) is 4.46. The molecule has 0 fully saturated rings. The maximum atomic E-state index is 14.3. The van der Waals surface area contributed by atoms with Crippen molar-refractivity contribution in [1.29, 1.82) is 0 Å². The van der Waals surface area contributed by atoms with E-state index in [1.807, 2.05) is 6.92 Å². The van der Waals surface area contributed by atoms with E-state index in [1.54, 1.807) is 6.92 Å². The highest BCUT2D eigenvalue weighted by atomic mass is 19.1. The molecule has 0 N–H and O–H groups in total. The molecule has 1 aliphatic heterocycles. The number of fused-ring (bicyclic) bond motifs is 1. The van der Waals surface area contributed by atoms with Crippen LogP contribution in [-0.4, -0.2) is 24.2 Å². The lowest BCUT2D eigenvalue weighted by atomic mass is 9.92. The van der Waals surface area contributed by atoms with E-state index in [9.17, 15) is 13.6 Å². The summed E-state index contributed by atoms with van der Waals surface area (Å²) in [5.74, 6) is -1.43. The largest absolute Gasteiger partial charge is 0.477 e. The zero-order valence-corrected chi connectivity index (χ0v) is 13.4. The molecular weight excluding hydrogens is 316 g/mol. The second kappa shape index (κ2) is 6.55. The molecule has 2 aromatic rings. The summed E-state index contributed by atoms with van der Waals surface area (Å²) < 4.78 is 38.1. The Labute approximate surface area is 138 Å². The molecule has 1 aromatic heterocycles. The van der Waals surface area contributed by atoms with Crippen molar-refractivity contribution in [2.45, 2.75) is 20.3 Å². The van der Waals surface area contributed by atoms with Crippen molar-refractivity contribution in [2.24, 2.45) is 5.92 Å². The van der Waals surface area contributed by atoms with E-state index in [0.717, 1.165) is 6.07 Å². The lowest BCUT2D eigenvalue weighted by Gasteiger charge is -2.24. The fourth-order valence-electron chi connectivity index (χ4n) is 2.75. The zero-order chi connectivity index (χ0) is 17.3. The van der Waals surface area contributed by atoms with Crippen LogP contribution < -0.4 is 4.74 Å². The van der Waals surface area contributed by atoms with Crippen LogP contribution in [0.5, 0.6) is 5.88 Å². The average molecular weight is 333 g/mol. The van der Waals surface area contributed by atoms with Gasteiger partial charge in [-0.05, 0) is 43.0 Å². The predicted molar refractivity (Wildman–Crippen MR) is 83.9 cm³/mol. The third-order valence-electron chi connectivity index (χ3n) is 3.85. The van der Waals surface area contributed by atoms with Gasteiger partial charge >= 0.3 is 5.97 Å². The van der Waals surface area contributed by atoms with E-state index in [2.05, 4.69) is 4.98 Å². The quantitative estimate of drug-likeness (QED) is 0.802. The molecule has 1 atom stereocenters. The number of pyridine rings is 1. The lowest BCUT2D eigenvalue weighted by molar-refractivity contribution is 0.0517. The van der Waals surface area contributed by atoms with Crippen LogP contribution in [0.3, 0.4) is 0 Å². The zero-order valence-electron chi connectivity index (χ0n) is 13.4. The Morgan fingerprint density at radius 3 is 2.83 bits per heavy atom. The van der Waals surface area contributed by atoms with Gasteiger partial charge in [-0.2, -0.15) is 0 Å². The highest BCUT2D eigenvalue weighted by molar-refractivity contribution is 5.90. The molecular formula is C18H17F2NO3. The maximum absolute atomic E-state index is 14.3. The fraction of sp³-hybridized carbons (Fsp3) is 0.333. The van der Waals surface area contributed by atoms with E-state index in [1.165, 1.54) is 18.2 Å². The summed E-state index contributed by atoms with van der Waals surface area (Å²) in [4.78, 5) is 16.2. The number of hydrogen-bond donors (Lipinski definition) is 0. The van der Waals surface area contributed by atoms with Gasteiger partial charge in [0.05, 0.1) is 13.2 Å². The Morgan fingerprint density at radius 2 is 2.12 bits per heavy atom. The summed E-state index contributed by atoms with van der Waals surface area (Å²) >= 11 is 0. The topological polar surface area (TPSA) is 48.4 Å². The van der Waals surface area contributed by atoms with Gasteiger partial charge in [-0.1, -0.05) is 6.92 Å². The molecule has 0 bridgehead atoms. The number of hydrogen-bond acceptors (Lipinski definition) is 4. The highest BCUT2D eigenvalue weighted by Crippen LogP contribution is 2.36. The van der Waals surface area contributed by atoms with Gasteiger partial charge < -0.3 is 9.47 Å². The molecule has 24 heavy (non-hydrogen) atoms. The summed E-state index contributed by atoms with van der Waals surface area (Å²) in [5, 5.41) is 0. The van der Waals surface area contributed by atoms with Crippen LogP contribution in [-0.2, 0) is 11.2 Å². The molecule has 2 heterocycles. The van der Waals surface area contributed by atoms with Crippen molar-refractivity contribution in [1.82, 2.24) is 4.98 Å². The highest BCUT2D eigenvalue weighted by Gasteiger charge is 2.26. The number of carbonyl (C=O) groups is 1. The van der Waals surface area contributed by atoms with Gasteiger partial charge in [0.2, 0.25) is 5.88 Å². The van der Waals surface area contributed by atoms with Crippen LogP contribution in [0.4, 0.5) is 8.78 Å². The first-order valence-corrected chi connectivity index (χ1v) is 7.78. The monoisotopic (exact) mass is 333 g/mol. The summed E-state index contributed by atoms with van der Waals surface area (Å²) in [5.41, 5.74) is 1.45. The molecule has 3 rings (SSSR count). The number of carbonyl (C=O) groups excluding carboxylic acids is 1. The normalized spacial score (nSPS) is 16.2. The number of rotatable bonds is 3. The van der Waals surface area contributed by atoms with E-state index in [-0.39, 0.29) is 23.8 Å². The molecule has 0 saturated carbocycles. The number of halogens is 2. The van der Waals surface area contributed by atoms with Gasteiger partial charge in [-0.3, -0.25) is 0 Å². The van der Waals surface area contributed by atoms with E-state index >= 15 is 0 Å². The van der Waals surface area contributed by atoms with Crippen LogP contribution >= 0.6 is 0 Å². The van der Waals surface area contributed by atoms with Crippen molar-refractivity contribution in [3.8, 4) is 17.0 Å². The van der Waals surface area contributed by atoms with Gasteiger partial charge in [0.25, 0.3) is 0 Å². The lowest BCUT2D eigenvalue weighted by Crippen LogP contribution is -2.21. The smallest absolute Gasteiger partial charge is 0.357 e. The molecule has 0 amide bonds. The Balaban J connectivity index is 2.18. The van der Waals surface area contributed by atoms with Crippen LogP contribution in [0.1, 0.15) is 29.9 Å². The van der Waals surface area contributed by atoms with Crippen molar-refractivity contribution >= 4 is 5.97 Å². The fourth-order valence-corrected chi connectivity index (χ4v) is 2.75. The predicted octanol–water partition coefficient (Wildman–Crippen LogP) is 3.77. The molecule has 6 heteroatoms. The minimum atomic E-state index is -0.698. The minimum absolute atomic E-state index is 0.0453. The van der Waals surface area contributed by atoms with Crippen molar-refractivity contribution in [3.05, 3.63) is 47.2 Å². The Hall–Kier alpha value is -2.50. The minimum Gasteiger partial charge on any atom is -0.477 e. The van der Waals surface area contributed by atoms with Crippen molar-refractivity contribution in [3.63, 3.8) is 0 Å². The Morgan fingerprint density at radius 1 is 1.33 bits per heavy atom. The van der Waals surface area contributed by atoms with Gasteiger partial charge in [0.1, 0.15) is 11.6 Å². The first-order valence-electron chi connectivity index (χ1n) is 7.78. The van der Waals surface area contributed by atoms with Crippen molar-refractivity contribution < 1.29 is 23.0 Å². The summed E-state index contributed by atoms with van der Waals surface area (Å²) in [6.45, 7) is 4.37. The van der Waals surface area contributed by atoms with Crippen LogP contribution in [0.25, 0.3) is 11.1 Å².